The van der Waals surface area contributed by atoms with Crippen LogP contribution in [0.5, 0.6) is 0 Å². The molecule has 11 heavy (non-hydrogen) atoms. The quantitative estimate of drug-likeness (QED) is 0.503. The highest BCUT2D eigenvalue weighted by Crippen LogP contribution is 2.86. The first kappa shape index (κ1) is 7.16. The Bertz CT molecular complexity index is 211. The van der Waals surface area contributed by atoms with Crippen LogP contribution >= 0.6 is 22.6 Å². The van der Waals surface area contributed by atoms with Gasteiger partial charge in [-0.25, -0.2) is 0 Å². The van der Waals surface area contributed by atoms with Gasteiger partial charge >= 0.3 is 0 Å². The first-order chi connectivity index (χ1) is 5.14. The molecule has 0 N–H and O–H groups in total. The Hall–Kier alpha value is 0.730. The van der Waals surface area contributed by atoms with E-state index in [4.69, 9.17) is 0 Å². The fourth-order valence-electron chi connectivity index (χ4n) is 4.29. The molecule has 4 bridgehead atoms. The van der Waals surface area contributed by atoms with Crippen LogP contribution in [-0.2, 0) is 0 Å². The summed E-state index contributed by atoms with van der Waals surface area (Å²) in [5.74, 6) is 3.39. The molecule has 4 saturated carbocycles. The van der Waals surface area contributed by atoms with Gasteiger partial charge in [0.2, 0.25) is 0 Å². The normalized spacial score (nSPS) is 70.6. The molecular formula is C10H15I. The number of hydrogen-bond donors (Lipinski definition) is 0. The molecule has 2 unspecified atom stereocenters. The van der Waals surface area contributed by atoms with Crippen LogP contribution in [0.25, 0.3) is 0 Å². The van der Waals surface area contributed by atoms with E-state index in [1.165, 1.54) is 4.43 Å². The number of halogens is 1. The molecule has 1 heteroatoms. The van der Waals surface area contributed by atoms with Gasteiger partial charge in [0.15, 0.2) is 0 Å². The molecule has 0 saturated heterocycles. The fourth-order valence-corrected chi connectivity index (χ4v) is 5.73. The highest BCUT2D eigenvalue weighted by molar-refractivity contribution is 14.1. The molecule has 4 aliphatic carbocycles. The summed E-state index contributed by atoms with van der Waals surface area (Å²) in [5.41, 5.74) is 1.52. The summed E-state index contributed by atoms with van der Waals surface area (Å²) < 4.78 is 1.39. The third-order valence-electron chi connectivity index (χ3n) is 5.40. The maximum absolute atomic E-state index is 2.60. The Labute approximate surface area is 82.3 Å². The van der Waals surface area contributed by atoms with E-state index in [0.29, 0.717) is 0 Å². The van der Waals surface area contributed by atoms with Gasteiger partial charge < -0.3 is 0 Å². The van der Waals surface area contributed by atoms with E-state index in [0.717, 1.165) is 28.6 Å². The zero-order valence-electron chi connectivity index (χ0n) is 7.23. The van der Waals surface area contributed by atoms with Crippen molar-refractivity contribution in [3.63, 3.8) is 0 Å². The van der Waals surface area contributed by atoms with E-state index in [1.807, 2.05) is 0 Å². The van der Waals surface area contributed by atoms with Crippen LogP contribution in [0.1, 0.15) is 26.7 Å². The van der Waals surface area contributed by atoms with Crippen molar-refractivity contribution in [2.75, 3.05) is 4.43 Å². The molecule has 4 fully saturated rings. The predicted molar refractivity (Wildman–Crippen MR) is 54.8 cm³/mol. The fraction of sp³-hybridized carbons (Fsp3) is 1.00. The zero-order valence-corrected chi connectivity index (χ0v) is 9.39. The Kier molecular flexibility index (Phi) is 1.08. The monoisotopic (exact) mass is 262 g/mol. The highest BCUT2D eigenvalue weighted by atomic mass is 127. The largest absolute Gasteiger partial charge is 0.0857 e. The number of hydrogen-bond acceptors (Lipinski definition) is 0. The van der Waals surface area contributed by atoms with Crippen LogP contribution in [0.3, 0.4) is 0 Å². The Morgan fingerprint density at radius 2 is 1.82 bits per heavy atom. The second-order valence-electron chi connectivity index (χ2n) is 5.22. The van der Waals surface area contributed by atoms with Crippen molar-refractivity contribution in [1.29, 1.82) is 0 Å². The minimum absolute atomic E-state index is 0.725. The van der Waals surface area contributed by atoms with E-state index in [-0.39, 0.29) is 0 Å². The van der Waals surface area contributed by atoms with Crippen LogP contribution < -0.4 is 0 Å². The second kappa shape index (κ2) is 1.66. The maximum Gasteiger partial charge on any atom is 0.00574 e. The molecule has 5 atom stereocenters. The summed E-state index contributed by atoms with van der Waals surface area (Å²) in [5, 5.41) is 0. The van der Waals surface area contributed by atoms with Gasteiger partial charge in [-0.15, -0.1) is 0 Å². The van der Waals surface area contributed by atoms with Crippen LogP contribution in [-0.4, -0.2) is 4.43 Å². The van der Waals surface area contributed by atoms with Gasteiger partial charge in [-0.3, -0.25) is 0 Å². The smallest absolute Gasteiger partial charge is 0.00574 e. The van der Waals surface area contributed by atoms with Gasteiger partial charge in [0.1, 0.15) is 0 Å². The van der Waals surface area contributed by atoms with Crippen molar-refractivity contribution >= 4 is 22.6 Å². The third-order valence-corrected chi connectivity index (χ3v) is 6.99. The van der Waals surface area contributed by atoms with Gasteiger partial charge in [0.25, 0.3) is 0 Å². The average molecular weight is 262 g/mol. The van der Waals surface area contributed by atoms with Crippen molar-refractivity contribution in [2.24, 2.45) is 28.6 Å². The minimum atomic E-state index is 0.725. The molecule has 0 radical (unpaired) electrons. The summed E-state index contributed by atoms with van der Waals surface area (Å²) in [6.07, 6.45) is 3.14. The molecule has 4 rings (SSSR count). The molecule has 0 aromatic carbocycles. The third kappa shape index (κ3) is 0.493. The Balaban J connectivity index is 2.10. The van der Waals surface area contributed by atoms with Gasteiger partial charge in [-0.05, 0) is 41.4 Å². The first-order valence-corrected chi connectivity index (χ1v) is 6.23. The molecule has 0 amide bonds. The lowest BCUT2D eigenvalue weighted by molar-refractivity contribution is 0.212. The first-order valence-electron chi connectivity index (χ1n) is 4.70. The van der Waals surface area contributed by atoms with Crippen LogP contribution in [0.2, 0.25) is 0 Å². The van der Waals surface area contributed by atoms with Crippen LogP contribution in [0.4, 0.5) is 0 Å². The molecule has 4 aliphatic rings. The molecule has 0 nitrogen and oxygen atoms in total. The second-order valence-corrected chi connectivity index (χ2v) is 5.98. The highest BCUT2D eigenvalue weighted by Gasteiger charge is 2.80. The van der Waals surface area contributed by atoms with Gasteiger partial charge in [-0.2, -0.15) is 0 Å². The van der Waals surface area contributed by atoms with Crippen LogP contribution in [0.15, 0.2) is 0 Å². The van der Waals surface area contributed by atoms with Crippen molar-refractivity contribution in [3.8, 4) is 0 Å². The van der Waals surface area contributed by atoms with Gasteiger partial charge in [0.05, 0.1) is 0 Å². The van der Waals surface area contributed by atoms with Crippen molar-refractivity contribution in [3.05, 3.63) is 0 Å². The standard InChI is InChI=1S/C10H15I/c1-9(5-11)6-3-7-8(4-6)10(7,9)2/h6-8H,3-5H2,1-2H3/t6?,7-,8+,9-,10?/m1/s1. The number of rotatable bonds is 1. The Morgan fingerprint density at radius 1 is 1.27 bits per heavy atom. The predicted octanol–water partition coefficient (Wildman–Crippen LogP) is 3.10. The lowest BCUT2D eigenvalue weighted by atomic mass is 9.76. The molecule has 0 aromatic heterocycles. The lowest BCUT2D eigenvalue weighted by Gasteiger charge is -2.31. The SMILES string of the molecule is CC12[C@@H]3CC(C[C@@H]31)[C@@]2(C)CI. The van der Waals surface area contributed by atoms with Crippen molar-refractivity contribution in [1.82, 2.24) is 0 Å². The molecule has 0 spiro atoms. The lowest BCUT2D eigenvalue weighted by Crippen LogP contribution is -2.28. The number of alkyl halides is 1. The molecule has 0 aliphatic heterocycles. The molecule has 0 heterocycles. The molecule has 0 aromatic rings. The van der Waals surface area contributed by atoms with E-state index in [2.05, 4.69) is 36.4 Å². The van der Waals surface area contributed by atoms with Crippen LogP contribution in [0, 0.1) is 28.6 Å². The van der Waals surface area contributed by atoms with E-state index >= 15 is 0 Å². The topological polar surface area (TPSA) is 0 Å². The average Bonchev–Trinajstić information content (AvgIpc) is 2.42. The van der Waals surface area contributed by atoms with E-state index in [9.17, 15) is 0 Å². The zero-order chi connectivity index (χ0) is 7.85. The van der Waals surface area contributed by atoms with Crippen molar-refractivity contribution in [2.45, 2.75) is 26.7 Å². The Morgan fingerprint density at radius 3 is 2.00 bits per heavy atom. The van der Waals surface area contributed by atoms with E-state index < -0.39 is 0 Å². The molecule has 62 valence electrons. The minimum Gasteiger partial charge on any atom is -0.0857 e. The van der Waals surface area contributed by atoms with Gasteiger partial charge in [-0.1, -0.05) is 36.4 Å². The summed E-state index contributed by atoms with van der Waals surface area (Å²) >= 11 is 2.60. The van der Waals surface area contributed by atoms with Gasteiger partial charge in [0, 0.05) is 4.43 Å². The van der Waals surface area contributed by atoms with E-state index in [1.54, 1.807) is 12.8 Å². The van der Waals surface area contributed by atoms with Crippen molar-refractivity contribution < 1.29 is 0 Å². The summed E-state index contributed by atoms with van der Waals surface area (Å²) in [4.78, 5) is 0. The summed E-state index contributed by atoms with van der Waals surface area (Å²) in [6.45, 7) is 5.09. The summed E-state index contributed by atoms with van der Waals surface area (Å²) in [7, 11) is 0. The summed E-state index contributed by atoms with van der Waals surface area (Å²) in [6, 6.07) is 0. The molecular weight excluding hydrogens is 247 g/mol. The maximum atomic E-state index is 2.60.